The zero-order chi connectivity index (χ0) is 8.10. The predicted molar refractivity (Wildman–Crippen MR) is 42.4 cm³/mol. The maximum Gasteiger partial charge on any atom is 0.212 e. The molecule has 0 aliphatic heterocycles. The Morgan fingerprint density at radius 3 is 2.45 bits per heavy atom. The number of Topliss-reactive ketones (excluding diaryl/α,β-unsaturated/α-hetero) is 1. The molecule has 0 saturated carbocycles. The van der Waals surface area contributed by atoms with Crippen LogP contribution in [0.25, 0.3) is 0 Å². The Balaban J connectivity index is 2.58. The average molecular weight is 171 g/mol. The van der Waals surface area contributed by atoms with E-state index in [9.17, 15) is 4.79 Å². The monoisotopic (exact) mass is 170 g/mol. The van der Waals surface area contributed by atoms with Crippen LogP contribution in [0.3, 0.4) is 0 Å². The van der Waals surface area contributed by atoms with Crippen molar-refractivity contribution in [2.24, 2.45) is 0 Å². The third-order valence-corrected chi connectivity index (χ3v) is 1.58. The van der Waals surface area contributed by atoms with Crippen molar-refractivity contribution in [3.63, 3.8) is 0 Å². The molecule has 0 unspecified atom stereocenters. The quantitative estimate of drug-likeness (QED) is 0.485. The normalized spacial score (nSPS) is 9.55. The average Bonchev–Trinajstić information content (AvgIpc) is 2.06. The van der Waals surface area contributed by atoms with Crippen molar-refractivity contribution >= 4 is 17.4 Å². The minimum Gasteiger partial charge on any atom is -0.291 e. The number of hydrogen-bond donors (Lipinski definition) is 0. The molecule has 1 aromatic rings. The van der Waals surface area contributed by atoms with E-state index in [4.69, 9.17) is 11.6 Å². The van der Waals surface area contributed by atoms with Gasteiger partial charge in [-0.15, -0.1) is 11.6 Å². The van der Waals surface area contributed by atoms with Gasteiger partial charge in [-0.2, -0.15) is 4.57 Å². The third-order valence-electron chi connectivity index (χ3n) is 1.29. The molecule has 0 amide bonds. The van der Waals surface area contributed by atoms with Gasteiger partial charge in [0.05, 0.1) is 5.88 Å². The van der Waals surface area contributed by atoms with Gasteiger partial charge in [-0.1, -0.05) is 6.07 Å². The van der Waals surface area contributed by atoms with E-state index >= 15 is 0 Å². The molecule has 0 spiro atoms. The van der Waals surface area contributed by atoms with Crippen molar-refractivity contribution in [1.29, 1.82) is 0 Å². The van der Waals surface area contributed by atoms with E-state index in [0.29, 0.717) is 6.54 Å². The number of alkyl halides is 1. The highest BCUT2D eigenvalue weighted by Gasteiger charge is 2.05. The maximum absolute atomic E-state index is 10.8. The minimum absolute atomic E-state index is 0.0304. The highest BCUT2D eigenvalue weighted by molar-refractivity contribution is 6.27. The Hall–Kier alpha value is -0.890. The number of rotatable bonds is 3. The van der Waals surface area contributed by atoms with E-state index in [1.807, 2.05) is 30.6 Å². The summed E-state index contributed by atoms with van der Waals surface area (Å²) in [6.07, 6.45) is 3.68. The number of ketones is 1. The van der Waals surface area contributed by atoms with Gasteiger partial charge in [0.1, 0.15) is 0 Å². The van der Waals surface area contributed by atoms with Gasteiger partial charge in [0.2, 0.25) is 12.3 Å². The topological polar surface area (TPSA) is 20.9 Å². The Bertz CT molecular complexity index is 235. The number of halogens is 1. The Kier molecular flexibility index (Phi) is 3.05. The van der Waals surface area contributed by atoms with Crippen LogP contribution in [0, 0.1) is 0 Å². The molecule has 0 aromatic carbocycles. The smallest absolute Gasteiger partial charge is 0.212 e. The molecule has 11 heavy (non-hydrogen) atoms. The van der Waals surface area contributed by atoms with Crippen LogP contribution >= 0.6 is 11.6 Å². The number of carbonyl (C=O) groups is 1. The van der Waals surface area contributed by atoms with Crippen LogP contribution in [-0.4, -0.2) is 11.7 Å². The van der Waals surface area contributed by atoms with E-state index in [0.717, 1.165) is 0 Å². The SMILES string of the molecule is O=C(CCl)C[n+]1ccccc1. The Labute approximate surface area is 70.4 Å². The van der Waals surface area contributed by atoms with E-state index in [-0.39, 0.29) is 11.7 Å². The van der Waals surface area contributed by atoms with Crippen molar-refractivity contribution in [3.05, 3.63) is 30.6 Å². The summed E-state index contributed by atoms with van der Waals surface area (Å²) in [7, 11) is 0. The van der Waals surface area contributed by atoms with E-state index < -0.39 is 0 Å². The number of hydrogen-bond acceptors (Lipinski definition) is 1. The summed E-state index contributed by atoms with van der Waals surface area (Å²) in [5, 5.41) is 0. The lowest BCUT2D eigenvalue weighted by Crippen LogP contribution is -2.37. The molecule has 0 aliphatic rings. The first-order chi connectivity index (χ1) is 5.33. The first-order valence-corrected chi connectivity index (χ1v) is 3.88. The molecule has 0 saturated heterocycles. The molecule has 1 heterocycles. The van der Waals surface area contributed by atoms with Crippen LogP contribution < -0.4 is 4.57 Å². The minimum atomic E-state index is 0.0304. The van der Waals surface area contributed by atoms with Crippen LogP contribution in [0.4, 0.5) is 0 Å². The number of pyridine rings is 1. The van der Waals surface area contributed by atoms with E-state index in [1.54, 1.807) is 4.57 Å². The largest absolute Gasteiger partial charge is 0.291 e. The summed E-state index contributed by atoms with van der Waals surface area (Å²) in [5.74, 6) is 0.116. The number of aromatic nitrogens is 1. The van der Waals surface area contributed by atoms with Crippen molar-refractivity contribution in [2.45, 2.75) is 6.54 Å². The van der Waals surface area contributed by atoms with E-state index in [2.05, 4.69) is 0 Å². The van der Waals surface area contributed by atoms with Crippen LogP contribution in [0.2, 0.25) is 0 Å². The second kappa shape index (κ2) is 4.09. The molecule has 58 valence electrons. The van der Waals surface area contributed by atoms with Crippen LogP contribution in [0.5, 0.6) is 0 Å². The fraction of sp³-hybridized carbons (Fsp3) is 0.250. The third kappa shape index (κ3) is 2.68. The van der Waals surface area contributed by atoms with Gasteiger partial charge in [0.15, 0.2) is 12.4 Å². The molecule has 0 aliphatic carbocycles. The summed E-state index contributed by atoms with van der Waals surface area (Å²) in [6.45, 7) is 0.365. The molecule has 1 aromatic heterocycles. The lowest BCUT2D eigenvalue weighted by Gasteiger charge is -1.90. The van der Waals surface area contributed by atoms with Crippen molar-refractivity contribution in [2.75, 3.05) is 5.88 Å². The molecule has 0 atom stereocenters. The summed E-state index contributed by atoms with van der Waals surface area (Å²) in [6, 6.07) is 5.66. The molecule has 2 nitrogen and oxygen atoms in total. The van der Waals surface area contributed by atoms with Crippen molar-refractivity contribution in [3.8, 4) is 0 Å². The highest BCUT2D eigenvalue weighted by Crippen LogP contribution is 1.81. The van der Waals surface area contributed by atoms with Crippen molar-refractivity contribution in [1.82, 2.24) is 0 Å². The standard InChI is InChI=1S/C8H9ClNO/c9-6-8(11)7-10-4-2-1-3-5-10/h1-5H,6-7H2/q+1. The summed E-state index contributed by atoms with van der Waals surface area (Å²) >= 11 is 5.34. The highest BCUT2D eigenvalue weighted by atomic mass is 35.5. The summed E-state index contributed by atoms with van der Waals surface area (Å²) in [5.41, 5.74) is 0. The van der Waals surface area contributed by atoms with Crippen LogP contribution in [-0.2, 0) is 11.3 Å². The summed E-state index contributed by atoms with van der Waals surface area (Å²) in [4.78, 5) is 10.8. The number of carbonyl (C=O) groups excluding carboxylic acids is 1. The Morgan fingerprint density at radius 1 is 1.27 bits per heavy atom. The van der Waals surface area contributed by atoms with Gasteiger partial charge in [-0.25, -0.2) is 0 Å². The van der Waals surface area contributed by atoms with Gasteiger partial charge in [-0.3, -0.25) is 4.79 Å². The lowest BCUT2D eigenvalue weighted by molar-refractivity contribution is -0.684. The first kappa shape index (κ1) is 8.21. The second-order valence-corrected chi connectivity index (χ2v) is 2.49. The predicted octanol–water partition coefficient (Wildman–Crippen LogP) is 0.782. The molecule has 0 bridgehead atoms. The van der Waals surface area contributed by atoms with Crippen molar-refractivity contribution < 1.29 is 9.36 Å². The maximum atomic E-state index is 10.8. The van der Waals surface area contributed by atoms with Gasteiger partial charge in [0, 0.05) is 12.1 Å². The fourth-order valence-electron chi connectivity index (χ4n) is 0.786. The van der Waals surface area contributed by atoms with Gasteiger partial charge in [0.25, 0.3) is 0 Å². The molecule has 0 fully saturated rings. The molecular formula is C8H9ClNO+. The molecule has 0 N–H and O–H groups in total. The van der Waals surface area contributed by atoms with Gasteiger partial charge < -0.3 is 0 Å². The summed E-state index contributed by atoms with van der Waals surface area (Å²) < 4.78 is 1.80. The van der Waals surface area contributed by atoms with Crippen LogP contribution in [0.15, 0.2) is 30.6 Å². The number of nitrogens with zero attached hydrogens (tertiary/aromatic N) is 1. The zero-order valence-corrected chi connectivity index (χ0v) is 6.79. The van der Waals surface area contributed by atoms with Gasteiger partial charge >= 0.3 is 0 Å². The first-order valence-electron chi connectivity index (χ1n) is 3.34. The molecule has 3 heteroatoms. The lowest BCUT2D eigenvalue weighted by atomic mass is 10.4. The van der Waals surface area contributed by atoms with Crippen LogP contribution in [0.1, 0.15) is 0 Å². The zero-order valence-electron chi connectivity index (χ0n) is 6.03. The second-order valence-electron chi connectivity index (χ2n) is 2.22. The van der Waals surface area contributed by atoms with E-state index in [1.165, 1.54) is 0 Å². The molecule has 0 radical (unpaired) electrons. The fourth-order valence-corrected chi connectivity index (χ4v) is 0.870. The Morgan fingerprint density at radius 2 is 1.91 bits per heavy atom. The van der Waals surface area contributed by atoms with Gasteiger partial charge in [-0.05, 0) is 0 Å². The molecule has 1 rings (SSSR count). The molecular weight excluding hydrogens is 162 g/mol.